The zero-order chi connectivity index (χ0) is 22.6. The largest absolute Gasteiger partial charge is 0.416 e. The molecular formula is C21H24F3N5O2. The maximum atomic E-state index is 12.8. The van der Waals surface area contributed by atoms with E-state index in [1.807, 2.05) is 4.90 Å². The Kier molecular flexibility index (Phi) is 4.86. The van der Waals surface area contributed by atoms with Crippen LogP contribution in [0.15, 0.2) is 30.6 Å². The van der Waals surface area contributed by atoms with Gasteiger partial charge >= 0.3 is 11.9 Å². The lowest BCUT2D eigenvalue weighted by Crippen LogP contribution is -2.35. The molecule has 10 heteroatoms. The normalized spacial score (nSPS) is 24.8. The first kappa shape index (κ1) is 21.3. The molecular weight excluding hydrogens is 411 g/mol. The summed E-state index contributed by atoms with van der Waals surface area (Å²) in [6.45, 7) is 7.30. The summed E-state index contributed by atoms with van der Waals surface area (Å²) in [5.74, 6) is 0.210. The van der Waals surface area contributed by atoms with Gasteiger partial charge in [-0.25, -0.2) is 9.97 Å². The van der Waals surface area contributed by atoms with E-state index in [4.69, 9.17) is 0 Å². The predicted molar refractivity (Wildman–Crippen MR) is 110 cm³/mol. The van der Waals surface area contributed by atoms with Crippen molar-refractivity contribution in [2.45, 2.75) is 52.3 Å². The number of aromatic nitrogens is 2. The molecule has 1 N–H and O–H groups in total. The molecule has 1 saturated carbocycles. The lowest BCUT2D eigenvalue weighted by atomic mass is 9.65. The molecule has 1 aromatic heterocycles. The Bertz CT molecular complexity index is 1010. The second-order valence-corrected chi connectivity index (χ2v) is 9.69. The summed E-state index contributed by atoms with van der Waals surface area (Å²) in [6.07, 6.45) is -0.318. The molecule has 2 fully saturated rings. The van der Waals surface area contributed by atoms with Gasteiger partial charge in [-0.15, -0.1) is 0 Å². The first-order chi connectivity index (χ1) is 14.4. The topological polar surface area (TPSA) is 84.2 Å². The van der Waals surface area contributed by atoms with E-state index in [-0.39, 0.29) is 39.9 Å². The van der Waals surface area contributed by atoms with E-state index in [9.17, 15) is 23.3 Å². The molecule has 4 rings (SSSR count). The Morgan fingerprint density at radius 1 is 1.16 bits per heavy atom. The number of alkyl halides is 3. The summed E-state index contributed by atoms with van der Waals surface area (Å²) >= 11 is 0. The second kappa shape index (κ2) is 7.06. The van der Waals surface area contributed by atoms with Gasteiger partial charge in [-0.3, -0.25) is 10.1 Å². The average molecular weight is 435 g/mol. The number of nitrogens with zero attached hydrogens (tertiary/aromatic N) is 4. The third-order valence-electron chi connectivity index (χ3n) is 6.15. The van der Waals surface area contributed by atoms with E-state index in [0.29, 0.717) is 6.54 Å². The number of nitrogens with one attached hydrogen (secondary N) is 1. The van der Waals surface area contributed by atoms with Crippen molar-refractivity contribution in [3.63, 3.8) is 0 Å². The molecule has 2 atom stereocenters. The minimum Gasteiger partial charge on any atom is -0.347 e. The van der Waals surface area contributed by atoms with Crippen molar-refractivity contribution in [2.24, 2.45) is 10.8 Å². The van der Waals surface area contributed by atoms with Crippen molar-refractivity contribution in [2.75, 3.05) is 16.8 Å². The van der Waals surface area contributed by atoms with Crippen molar-refractivity contribution in [3.8, 4) is 0 Å². The standard InChI is InChI=1S/C21H24F3N5O2/c1-19(2)8-15-9-20(3,10-19)11-28(15)18-16(29(30)31)17(25-12-26-18)27-14-6-4-13(5-7-14)21(22,23)24/h4-7,12,15H,8-11H2,1-3H3,(H,25,26,27). The van der Waals surface area contributed by atoms with E-state index in [1.165, 1.54) is 18.5 Å². The van der Waals surface area contributed by atoms with Crippen LogP contribution in [0.25, 0.3) is 0 Å². The van der Waals surface area contributed by atoms with Crippen LogP contribution in [-0.4, -0.2) is 27.5 Å². The van der Waals surface area contributed by atoms with Gasteiger partial charge in [-0.1, -0.05) is 20.8 Å². The molecule has 2 heterocycles. The second-order valence-electron chi connectivity index (χ2n) is 9.69. The highest BCUT2D eigenvalue weighted by molar-refractivity contribution is 5.75. The molecule has 0 amide bonds. The van der Waals surface area contributed by atoms with Crippen LogP contribution in [0.2, 0.25) is 0 Å². The number of nitro groups is 1. The van der Waals surface area contributed by atoms with Gasteiger partial charge in [0.2, 0.25) is 11.6 Å². The fraction of sp³-hybridized carbons (Fsp3) is 0.524. The number of hydrogen-bond acceptors (Lipinski definition) is 6. The SMILES string of the molecule is CC1(C)CC2CC(C)(CN2c2ncnc(Nc3ccc(C(F)(F)F)cc3)c2[N+](=O)[O-])C1. The summed E-state index contributed by atoms with van der Waals surface area (Å²) in [5.41, 5.74) is -0.608. The first-order valence-electron chi connectivity index (χ1n) is 10.1. The minimum atomic E-state index is -4.45. The van der Waals surface area contributed by atoms with Crippen LogP contribution in [0, 0.1) is 20.9 Å². The predicted octanol–water partition coefficient (Wildman–Crippen LogP) is 5.55. The van der Waals surface area contributed by atoms with Crippen LogP contribution in [-0.2, 0) is 6.18 Å². The molecule has 2 aromatic rings. The van der Waals surface area contributed by atoms with Crippen LogP contribution >= 0.6 is 0 Å². The van der Waals surface area contributed by atoms with Gasteiger partial charge in [-0.2, -0.15) is 13.2 Å². The Hall–Kier alpha value is -2.91. The smallest absolute Gasteiger partial charge is 0.347 e. The summed E-state index contributed by atoms with van der Waals surface area (Å²) in [7, 11) is 0. The number of anilines is 3. The molecule has 0 spiro atoms. The van der Waals surface area contributed by atoms with Gasteiger partial charge in [-0.05, 0) is 54.4 Å². The van der Waals surface area contributed by atoms with Crippen molar-refractivity contribution >= 4 is 23.0 Å². The van der Waals surface area contributed by atoms with Crippen LogP contribution in [0.4, 0.5) is 36.2 Å². The third kappa shape index (κ3) is 4.15. The van der Waals surface area contributed by atoms with Gasteiger partial charge in [0.25, 0.3) is 0 Å². The lowest BCUT2D eigenvalue weighted by Gasteiger charge is -2.39. The Morgan fingerprint density at radius 2 is 1.84 bits per heavy atom. The van der Waals surface area contributed by atoms with E-state index in [0.717, 1.165) is 31.4 Å². The summed E-state index contributed by atoms with van der Waals surface area (Å²) in [6, 6.07) is 4.42. The van der Waals surface area contributed by atoms with Crippen LogP contribution in [0.1, 0.15) is 45.6 Å². The zero-order valence-electron chi connectivity index (χ0n) is 17.5. The van der Waals surface area contributed by atoms with E-state index in [2.05, 4.69) is 36.1 Å². The average Bonchev–Trinajstić information content (AvgIpc) is 2.89. The van der Waals surface area contributed by atoms with Gasteiger partial charge in [0, 0.05) is 18.3 Å². The Morgan fingerprint density at radius 3 is 2.45 bits per heavy atom. The van der Waals surface area contributed by atoms with Crippen molar-refractivity contribution in [3.05, 3.63) is 46.3 Å². The molecule has 2 bridgehead atoms. The first-order valence-corrected chi connectivity index (χ1v) is 10.1. The molecule has 2 aliphatic rings. The minimum absolute atomic E-state index is 0.0411. The van der Waals surface area contributed by atoms with Gasteiger partial charge in [0.05, 0.1) is 10.5 Å². The van der Waals surface area contributed by atoms with Crippen molar-refractivity contribution < 1.29 is 18.1 Å². The van der Waals surface area contributed by atoms with E-state index in [1.54, 1.807) is 0 Å². The molecule has 7 nitrogen and oxygen atoms in total. The highest BCUT2D eigenvalue weighted by Crippen LogP contribution is 2.54. The van der Waals surface area contributed by atoms with Gasteiger partial charge in [0.15, 0.2) is 0 Å². The fourth-order valence-corrected chi connectivity index (χ4v) is 5.43. The van der Waals surface area contributed by atoms with Crippen molar-refractivity contribution in [1.82, 2.24) is 9.97 Å². The van der Waals surface area contributed by atoms with Crippen molar-refractivity contribution in [1.29, 1.82) is 0 Å². The Balaban J connectivity index is 1.68. The van der Waals surface area contributed by atoms with E-state index < -0.39 is 16.7 Å². The third-order valence-corrected chi connectivity index (χ3v) is 6.15. The quantitative estimate of drug-likeness (QED) is 0.501. The fourth-order valence-electron chi connectivity index (χ4n) is 5.43. The Labute approximate surface area is 177 Å². The summed E-state index contributed by atoms with van der Waals surface area (Å²) in [5, 5.41) is 14.8. The molecule has 1 aliphatic carbocycles. The molecule has 31 heavy (non-hydrogen) atoms. The summed E-state index contributed by atoms with van der Waals surface area (Å²) in [4.78, 5) is 21.7. The molecule has 1 aliphatic heterocycles. The molecule has 2 unspecified atom stereocenters. The maximum absolute atomic E-state index is 12.8. The van der Waals surface area contributed by atoms with Gasteiger partial charge < -0.3 is 10.2 Å². The monoisotopic (exact) mass is 435 g/mol. The zero-order valence-corrected chi connectivity index (χ0v) is 17.5. The molecule has 1 saturated heterocycles. The molecule has 0 radical (unpaired) electrons. The number of fused-ring (bicyclic) bond motifs is 2. The number of hydrogen-bond donors (Lipinski definition) is 1. The number of rotatable bonds is 4. The maximum Gasteiger partial charge on any atom is 0.416 e. The van der Waals surface area contributed by atoms with Crippen LogP contribution in [0.3, 0.4) is 0 Å². The number of halogens is 3. The van der Waals surface area contributed by atoms with E-state index >= 15 is 0 Å². The van der Waals surface area contributed by atoms with Gasteiger partial charge in [0.1, 0.15) is 6.33 Å². The molecule has 1 aromatic carbocycles. The highest BCUT2D eigenvalue weighted by atomic mass is 19.4. The number of benzene rings is 1. The highest BCUT2D eigenvalue weighted by Gasteiger charge is 2.51. The van der Waals surface area contributed by atoms with Crippen LogP contribution in [0.5, 0.6) is 0 Å². The summed E-state index contributed by atoms with van der Waals surface area (Å²) < 4.78 is 38.4. The lowest BCUT2D eigenvalue weighted by molar-refractivity contribution is -0.383. The van der Waals surface area contributed by atoms with Crippen LogP contribution < -0.4 is 10.2 Å². The molecule has 166 valence electrons.